The van der Waals surface area contributed by atoms with Crippen LogP contribution in [-0.4, -0.2) is 10.9 Å². The van der Waals surface area contributed by atoms with Crippen LogP contribution < -0.4 is 5.32 Å². The predicted molar refractivity (Wildman–Crippen MR) is 69.5 cm³/mol. The standard InChI is InChI=1S/C13H14ClF3N2O/c14-10-6-9(13(15,16)17)7-18-11(10)19-12(20)8-4-2-1-3-5-8/h6-8H,1-5H2,(H,18,19,20). The van der Waals surface area contributed by atoms with Crippen molar-refractivity contribution in [3.05, 3.63) is 22.8 Å². The SMILES string of the molecule is O=C(Nc1ncc(C(F)(F)F)cc1Cl)C1CCCCC1. The van der Waals surface area contributed by atoms with Crippen LogP contribution in [0.3, 0.4) is 0 Å². The fourth-order valence-corrected chi connectivity index (χ4v) is 2.48. The van der Waals surface area contributed by atoms with Gasteiger partial charge < -0.3 is 5.32 Å². The maximum atomic E-state index is 12.5. The van der Waals surface area contributed by atoms with E-state index >= 15 is 0 Å². The summed E-state index contributed by atoms with van der Waals surface area (Å²) in [5.74, 6) is -0.349. The molecule has 3 nitrogen and oxygen atoms in total. The number of halogens is 4. The van der Waals surface area contributed by atoms with Crippen LogP contribution in [0.5, 0.6) is 0 Å². The number of aromatic nitrogens is 1. The lowest BCUT2D eigenvalue weighted by atomic mass is 9.89. The van der Waals surface area contributed by atoms with Gasteiger partial charge in [0.2, 0.25) is 5.91 Å². The summed E-state index contributed by atoms with van der Waals surface area (Å²) in [6.07, 6.45) is 0.862. The van der Waals surface area contributed by atoms with Crippen LogP contribution in [0.1, 0.15) is 37.7 Å². The fraction of sp³-hybridized carbons (Fsp3) is 0.538. The number of rotatable bonds is 2. The number of nitrogens with zero attached hydrogens (tertiary/aromatic N) is 1. The normalized spacial score (nSPS) is 17.0. The van der Waals surface area contributed by atoms with Gasteiger partial charge in [0.05, 0.1) is 10.6 Å². The van der Waals surface area contributed by atoms with Crippen LogP contribution in [0.25, 0.3) is 0 Å². The highest BCUT2D eigenvalue weighted by Crippen LogP contribution is 2.33. The van der Waals surface area contributed by atoms with E-state index in [1.165, 1.54) is 0 Å². The molecule has 0 radical (unpaired) electrons. The number of nitrogens with one attached hydrogen (secondary N) is 1. The van der Waals surface area contributed by atoms with E-state index in [9.17, 15) is 18.0 Å². The monoisotopic (exact) mass is 306 g/mol. The zero-order chi connectivity index (χ0) is 14.8. The van der Waals surface area contributed by atoms with Crippen molar-refractivity contribution < 1.29 is 18.0 Å². The molecule has 1 heterocycles. The molecule has 0 spiro atoms. The minimum atomic E-state index is -4.50. The Morgan fingerprint density at radius 1 is 1.30 bits per heavy atom. The Morgan fingerprint density at radius 2 is 1.95 bits per heavy atom. The van der Waals surface area contributed by atoms with Crippen LogP contribution >= 0.6 is 11.6 Å². The molecule has 1 N–H and O–H groups in total. The highest BCUT2D eigenvalue weighted by Gasteiger charge is 2.32. The van der Waals surface area contributed by atoms with E-state index in [1.54, 1.807) is 0 Å². The minimum absolute atomic E-state index is 0.0183. The van der Waals surface area contributed by atoms with Gasteiger partial charge in [-0.1, -0.05) is 30.9 Å². The first-order valence-corrected chi connectivity index (χ1v) is 6.79. The summed E-state index contributed by atoms with van der Waals surface area (Å²) in [5, 5.41) is 2.30. The third-order valence-corrected chi connectivity index (χ3v) is 3.67. The average molecular weight is 307 g/mol. The molecule has 0 unspecified atom stereocenters. The first-order chi connectivity index (χ1) is 9.38. The molecular weight excluding hydrogens is 293 g/mol. The Bertz CT molecular complexity index is 499. The van der Waals surface area contributed by atoms with Gasteiger partial charge in [-0.2, -0.15) is 13.2 Å². The smallest absolute Gasteiger partial charge is 0.309 e. The highest BCUT2D eigenvalue weighted by molar-refractivity contribution is 6.33. The topological polar surface area (TPSA) is 42.0 Å². The van der Waals surface area contributed by atoms with E-state index in [-0.39, 0.29) is 22.7 Å². The van der Waals surface area contributed by atoms with Gasteiger partial charge in [0.15, 0.2) is 5.82 Å². The Labute approximate surface area is 119 Å². The molecule has 110 valence electrons. The zero-order valence-corrected chi connectivity index (χ0v) is 11.4. The minimum Gasteiger partial charge on any atom is -0.309 e. The Kier molecular flexibility index (Phi) is 4.52. The first kappa shape index (κ1) is 15.1. The Hall–Kier alpha value is -1.30. The molecule has 1 fully saturated rings. The van der Waals surface area contributed by atoms with E-state index in [2.05, 4.69) is 10.3 Å². The number of alkyl halides is 3. The lowest BCUT2D eigenvalue weighted by Crippen LogP contribution is -2.25. The van der Waals surface area contributed by atoms with Crippen molar-refractivity contribution in [1.29, 1.82) is 0 Å². The molecule has 1 amide bonds. The molecule has 0 aromatic carbocycles. The summed E-state index contributed by atoms with van der Waals surface area (Å²) in [5.41, 5.74) is -0.932. The van der Waals surface area contributed by atoms with Gasteiger partial charge in [-0.3, -0.25) is 4.79 Å². The molecule has 1 aromatic rings. The zero-order valence-electron chi connectivity index (χ0n) is 10.6. The second-order valence-electron chi connectivity index (χ2n) is 4.88. The van der Waals surface area contributed by atoms with Gasteiger partial charge in [0, 0.05) is 12.1 Å². The summed E-state index contributed by atoms with van der Waals surface area (Å²) in [4.78, 5) is 15.6. The maximum absolute atomic E-state index is 12.5. The number of carbonyl (C=O) groups is 1. The van der Waals surface area contributed by atoms with Crippen molar-refractivity contribution in [2.24, 2.45) is 5.92 Å². The molecule has 20 heavy (non-hydrogen) atoms. The van der Waals surface area contributed by atoms with Gasteiger partial charge in [0.1, 0.15) is 0 Å². The average Bonchev–Trinajstić information content (AvgIpc) is 2.41. The summed E-state index contributed by atoms with van der Waals surface area (Å²) >= 11 is 5.74. The van der Waals surface area contributed by atoms with Crippen molar-refractivity contribution in [2.45, 2.75) is 38.3 Å². The molecule has 1 aliphatic carbocycles. The van der Waals surface area contributed by atoms with Gasteiger partial charge in [-0.25, -0.2) is 4.98 Å². The van der Waals surface area contributed by atoms with Crippen molar-refractivity contribution in [3.8, 4) is 0 Å². The van der Waals surface area contributed by atoms with Crippen LogP contribution in [-0.2, 0) is 11.0 Å². The van der Waals surface area contributed by atoms with E-state index in [0.29, 0.717) is 6.20 Å². The number of carbonyl (C=O) groups excluding carboxylic acids is 1. The molecule has 0 aliphatic heterocycles. The highest BCUT2D eigenvalue weighted by atomic mass is 35.5. The van der Waals surface area contributed by atoms with E-state index in [4.69, 9.17) is 11.6 Å². The van der Waals surface area contributed by atoms with E-state index in [1.807, 2.05) is 0 Å². The van der Waals surface area contributed by atoms with Gasteiger partial charge in [-0.05, 0) is 18.9 Å². The number of pyridine rings is 1. The van der Waals surface area contributed by atoms with E-state index < -0.39 is 11.7 Å². The quantitative estimate of drug-likeness (QED) is 0.886. The molecule has 0 saturated heterocycles. The number of hydrogen-bond donors (Lipinski definition) is 1. The second-order valence-corrected chi connectivity index (χ2v) is 5.28. The number of hydrogen-bond acceptors (Lipinski definition) is 2. The molecular formula is C13H14ClF3N2O. The van der Waals surface area contributed by atoms with E-state index in [0.717, 1.165) is 38.2 Å². The largest absolute Gasteiger partial charge is 0.417 e. The Balaban J connectivity index is 2.08. The molecule has 1 saturated carbocycles. The number of anilines is 1. The fourth-order valence-electron chi connectivity index (χ4n) is 2.27. The Morgan fingerprint density at radius 3 is 2.50 bits per heavy atom. The van der Waals surface area contributed by atoms with Crippen molar-refractivity contribution in [1.82, 2.24) is 4.98 Å². The maximum Gasteiger partial charge on any atom is 0.417 e. The van der Waals surface area contributed by atoms with Crippen molar-refractivity contribution >= 4 is 23.3 Å². The van der Waals surface area contributed by atoms with Crippen LogP contribution in [0.15, 0.2) is 12.3 Å². The number of amides is 1. The summed E-state index contributed by atoms with van der Waals surface area (Å²) < 4.78 is 37.4. The summed E-state index contributed by atoms with van der Waals surface area (Å²) in [6, 6.07) is 0.769. The van der Waals surface area contributed by atoms with Gasteiger partial charge >= 0.3 is 6.18 Å². The molecule has 1 aliphatic rings. The van der Waals surface area contributed by atoms with Crippen molar-refractivity contribution in [2.75, 3.05) is 5.32 Å². The molecule has 1 aromatic heterocycles. The van der Waals surface area contributed by atoms with Crippen LogP contribution in [0, 0.1) is 5.92 Å². The van der Waals surface area contributed by atoms with Crippen LogP contribution in [0.2, 0.25) is 5.02 Å². The molecule has 0 atom stereocenters. The van der Waals surface area contributed by atoms with Crippen LogP contribution in [0.4, 0.5) is 19.0 Å². The predicted octanol–water partition coefficient (Wildman–Crippen LogP) is 4.27. The summed E-state index contributed by atoms with van der Waals surface area (Å²) in [6.45, 7) is 0. The van der Waals surface area contributed by atoms with Gasteiger partial charge in [-0.15, -0.1) is 0 Å². The molecule has 2 rings (SSSR count). The lowest BCUT2D eigenvalue weighted by Gasteiger charge is -2.20. The third kappa shape index (κ3) is 3.62. The van der Waals surface area contributed by atoms with Crippen molar-refractivity contribution in [3.63, 3.8) is 0 Å². The molecule has 7 heteroatoms. The first-order valence-electron chi connectivity index (χ1n) is 6.41. The molecule has 0 bridgehead atoms. The van der Waals surface area contributed by atoms with Gasteiger partial charge in [0.25, 0.3) is 0 Å². The third-order valence-electron chi connectivity index (χ3n) is 3.39. The lowest BCUT2D eigenvalue weighted by molar-refractivity contribution is -0.137. The second kappa shape index (κ2) is 5.99. The summed E-state index contributed by atoms with van der Waals surface area (Å²) in [7, 11) is 0.